The number of hydrogen-bond donors (Lipinski definition) is 2. The first kappa shape index (κ1) is 17.7. The molecule has 23 heavy (non-hydrogen) atoms. The topological polar surface area (TPSA) is 75.1 Å². The quantitative estimate of drug-likeness (QED) is 0.789. The second-order valence-electron chi connectivity index (χ2n) is 6.53. The van der Waals surface area contributed by atoms with Gasteiger partial charge in [0.2, 0.25) is 0 Å². The van der Waals surface area contributed by atoms with E-state index in [1.807, 2.05) is 27.7 Å². The SMILES string of the molecule is CCc1cc2c(NC(CC(C)C)C(=O)O)nc(C(C)C)nc2s1. The van der Waals surface area contributed by atoms with Crippen LogP contribution in [0.3, 0.4) is 0 Å². The van der Waals surface area contributed by atoms with Crippen LogP contribution in [0.25, 0.3) is 10.2 Å². The summed E-state index contributed by atoms with van der Waals surface area (Å²) in [5.74, 6) is 1.03. The molecule has 2 aromatic heterocycles. The van der Waals surface area contributed by atoms with Crippen LogP contribution in [0.2, 0.25) is 0 Å². The minimum Gasteiger partial charge on any atom is -0.480 e. The molecule has 0 bridgehead atoms. The van der Waals surface area contributed by atoms with Crippen molar-refractivity contribution in [2.24, 2.45) is 5.92 Å². The van der Waals surface area contributed by atoms with Gasteiger partial charge in [-0.05, 0) is 24.8 Å². The molecule has 2 heterocycles. The van der Waals surface area contributed by atoms with Gasteiger partial charge in [-0.25, -0.2) is 14.8 Å². The van der Waals surface area contributed by atoms with Gasteiger partial charge in [0.05, 0.1) is 5.39 Å². The highest BCUT2D eigenvalue weighted by Gasteiger charge is 2.22. The number of aryl methyl sites for hydroxylation is 1. The Hall–Kier alpha value is -1.69. The number of thiophene rings is 1. The average molecular weight is 335 g/mol. The summed E-state index contributed by atoms with van der Waals surface area (Å²) >= 11 is 1.65. The van der Waals surface area contributed by atoms with Crippen LogP contribution in [0.4, 0.5) is 5.82 Å². The highest BCUT2D eigenvalue weighted by molar-refractivity contribution is 7.18. The Morgan fingerprint density at radius 1 is 1.30 bits per heavy atom. The number of carbonyl (C=O) groups is 1. The Balaban J connectivity index is 2.47. The van der Waals surface area contributed by atoms with E-state index in [-0.39, 0.29) is 5.92 Å². The van der Waals surface area contributed by atoms with Gasteiger partial charge in [-0.1, -0.05) is 34.6 Å². The lowest BCUT2D eigenvalue weighted by molar-refractivity contribution is -0.138. The van der Waals surface area contributed by atoms with Crippen LogP contribution >= 0.6 is 11.3 Å². The standard InChI is InChI=1S/C17H25N3O2S/c1-6-11-8-12-15(18-13(17(21)22)7-9(2)3)19-14(10(4)5)20-16(12)23-11/h8-10,13H,6-7H2,1-5H3,(H,21,22)(H,18,19,20). The zero-order valence-electron chi connectivity index (χ0n) is 14.4. The number of aromatic nitrogens is 2. The molecular formula is C17H25N3O2S. The molecule has 0 saturated carbocycles. The van der Waals surface area contributed by atoms with Gasteiger partial charge in [-0.15, -0.1) is 11.3 Å². The highest BCUT2D eigenvalue weighted by atomic mass is 32.1. The van der Waals surface area contributed by atoms with Crippen molar-refractivity contribution in [1.82, 2.24) is 9.97 Å². The monoisotopic (exact) mass is 335 g/mol. The molecule has 126 valence electrons. The molecule has 0 aromatic carbocycles. The number of rotatable bonds is 7. The fraction of sp³-hybridized carbons (Fsp3) is 0.588. The van der Waals surface area contributed by atoms with E-state index >= 15 is 0 Å². The minimum absolute atomic E-state index is 0.195. The summed E-state index contributed by atoms with van der Waals surface area (Å²) in [6, 6.07) is 1.43. The largest absolute Gasteiger partial charge is 0.480 e. The van der Waals surface area contributed by atoms with Crippen molar-refractivity contribution < 1.29 is 9.90 Å². The molecular weight excluding hydrogens is 310 g/mol. The Kier molecular flexibility index (Phi) is 5.57. The Labute approximate surface area is 141 Å². The summed E-state index contributed by atoms with van der Waals surface area (Å²) in [7, 11) is 0. The number of fused-ring (bicyclic) bond motifs is 1. The molecule has 2 rings (SSSR count). The van der Waals surface area contributed by atoms with Gasteiger partial charge in [-0.2, -0.15) is 0 Å². The predicted molar refractivity (Wildman–Crippen MR) is 95.4 cm³/mol. The number of nitrogens with one attached hydrogen (secondary N) is 1. The van der Waals surface area contributed by atoms with E-state index < -0.39 is 12.0 Å². The summed E-state index contributed by atoms with van der Waals surface area (Å²) in [4.78, 5) is 22.9. The van der Waals surface area contributed by atoms with Crippen LogP contribution < -0.4 is 5.32 Å². The molecule has 0 spiro atoms. The van der Waals surface area contributed by atoms with E-state index in [0.29, 0.717) is 18.2 Å². The molecule has 1 unspecified atom stereocenters. The van der Waals surface area contributed by atoms with Crippen molar-refractivity contribution in [3.63, 3.8) is 0 Å². The maximum atomic E-state index is 11.6. The number of anilines is 1. The van der Waals surface area contributed by atoms with Crippen LogP contribution in [-0.2, 0) is 11.2 Å². The third kappa shape index (κ3) is 4.19. The molecule has 2 N–H and O–H groups in total. The molecule has 0 fully saturated rings. The summed E-state index contributed by atoms with van der Waals surface area (Å²) in [6.07, 6.45) is 1.49. The Bertz CT molecular complexity index is 694. The van der Waals surface area contributed by atoms with E-state index in [9.17, 15) is 9.90 Å². The van der Waals surface area contributed by atoms with Crippen molar-refractivity contribution in [1.29, 1.82) is 0 Å². The van der Waals surface area contributed by atoms with E-state index in [0.717, 1.165) is 22.5 Å². The van der Waals surface area contributed by atoms with Crippen LogP contribution in [0.5, 0.6) is 0 Å². The molecule has 0 aliphatic carbocycles. The first-order valence-corrected chi connectivity index (χ1v) is 8.93. The van der Waals surface area contributed by atoms with Crippen molar-refractivity contribution in [2.45, 2.75) is 59.4 Å². The maximum Gasteiger partial charge on any atom is 0.326 e. The van der Waals surface area contributed by atoms with Gasteiger partial charge in [-0.3, -0.25) is 0 Å². The summed E-state index contributed by atoms with van der Waals surface area (Å²) < 4.78 is 0. The number of aliphatic carboxylic acids is 1. The first-order valence-electron chi connectivity index (χ1n) is 8.11. The summed E-state index contributed by atoms with van der Waals surface area (Å²) in [6.45, 7) is 10.2. The molecule has 0 saturated heterocycles. The minimum atomic E-state index is -0.845. The van der Waals surface area contributed by atoms with Crippen molar-refractivity contribution in [3.8, 4) is 0 Å². The predicted octanol–water partition coefficient (Wildman–Crippen LogP) is 4.29. The van der Waals surface area contributed by atoms with Crippen molar-refractivity contribution in [2.75, 3.05) is 5.32 Å². The van der Waals surface area contributed by atoms with Gasteiger partial charge in [0.15, 0.2) is 0 Å². The van der Waals surface area contributed by atoms with Crippen molar-refractivity contribution >= 4 is 33.3 Å². The molecule has 1 atom stereocenters. The summed E-state index contributed by atoms with van der Waals surface area (Å²) in [5, 5.41) is 13.5. The van der Waals surface area contributed by atoms with E-state index in [1.165, 1.54) is 4.88 Å². The van der Waals surface area contributed by atoms with E-state index in [4.69, 9.17) is 0 Å². The zero-order chi connectivity index (χ0) is 17.1. The Morgan fingerprint density at radius 2 is 2.00 bits per heavy atom. The second-order valence-corrected chi connectivity index (χ2v) is 7.65. The third-order valence-corrected chi connectivity index (χ3v) is 4.82. The van der Waals surface area contributed by atoms with Gasteiger partial charge < -0.3 is 10.4 Å². The van der Waals surface area contributed by atoms with Gasteiger partial charge in [0.1, 0.15) is 22.5 Å². The fourth-order valence-electron chi connectivity index (χ4n) is 2.39. The normalized spacial score (nSPS) is 13.0. The van der Waals surface area contributed by atoms with Gasteiger partial charge >= 0.3 is 5.97 Å². The van der Waals surface area contributed by atoms with Crippen molar-refractivity contribution in [3.05, 3.63) is 16.8 Å². The Morgan fingerprint density at radius 3 is 2.52 bits per heavy atom. The number of carboxylic acid groups (broad SMARTS) is 1. The lowest BCUT2D eigenvalue weighted by Gasteiger charge is -2.18. The number of carboxylic acids is 1. The number of nitrogens with zero attached hydrogens (tertiary/aromatic N) is 2. The smallest absolute Gasteiger partial charge is 0.326 e. The van der Waals surface area contributed by atoms with Crippen LogP contribution in [-0.4, -0.2) is 27.1 Å². The molecule has 0 aliphatic heterocycles. The molecule has 0 radical (unpaired) electrons. The van der Waals surface area contributed by atoms with E-state index in [2.05, 4.69) is 28.3 Å². The molecule has 0 amide bonds. The maximum absolute atomic E-state index is 11.6. The summed E-state index contributed by atoms with van der Waals surface area (Å²) in [5.41, 5.74) is 0. The lowest BCUT2D eigenvalue weighted by Crippen LogP contribution is -2.31. The molecule has 6 heteroatoms. The average Bonchev–Trinajstić information content (AvgIpc) is 2.89. The molecule has 5 nitrogen and oxygen atoms in total. The fourth-order valence-corrected chi connectivity index (χ4v) is 3.36. The highest BCUT2D eigenvalue weighted by Crippen LogP contribution is 2.31. The second kappa shape index (κ2) is 7.25. The molecule has 0 aliphatic rings. The number of hydrogen-bond acceptors (Lipinski definition) is 5. The third-order valence-electron chi connectivity index (χ3n) is 3.64. The van der Waals surface area contributed by atoms with Crippen LogP contribution in [0, 0.1) is 5.92 Å². The van der Waals surface area contributed by atoms with Crippen LogP contribution in [0.15, 0.2) is 6.07 Å². The van der Waals surface area contributed by atoms with E-state index in [1.54, 1.807) is 11.3 Å². The first-order chi connectivity index (χ1) is 10.8. The van der Waals surface area contributed by atoms with Gasteiger partial charge in [0, 0.05) is 10.8 Å². The van der Waals surface area contributed by atoms with Crippen LogP contribution in [0.1, 0.15) is 57.7 Å². The lowest BCUT2D eigenvalue weighted by atomic mass is 10.0. The zero-order valence-corrected chi connectivity index (χ0v) is 15.2. The van der Waals surface area contributed by atoms with Gasteiger partial charge in [0.25, 0.3) is 0 Å². The molecule has 2 aromatic rings.